The second-order valence-electron chi connectivity index (χ2n) is 5.63. The fourth-order valence-electron chi connectivity index (χ4n) is 1.95. The second-order valence-corrected chi connectivity index (χ2v) is 7.40. The quantitative estimate of drug-likeness (QED) is 0.438. The zero-order chi connectivity index (χ0) is 18.3. The topological polar surface area (TPSA) is 138 Å². The molecule has 1 heterocycles. The molecule has 136 valence electrons. The number of hydrogen-bond acceptors (Lipinski definition) is 5. The molecule has 1 aromatic rings. The van der Waals surface area contributed by atoms with Crippen molar-refractivity contribution >= 4 is 21.9 Å². The van der Waals surface area contributed by atoms with Gasteiger partial charge in [0.1, 0.15) is 16.6 Å². The second kappa shape index (κ2) is 8.81. The number of ether oxygens (including phenoxy) is 1. The van der Waals surface area contributed by atoms with E-state index in [0.29, 0.717) is 0 Å². The molecule has 1 rings (SSSR count). The molecule has 0 unspecified atom stereocenters. The summed E-state index contributed by atoms with van der Waals surface area (Å²) in [5.41, 5.74) is -0.0304. The van der Waals surface area contributed by atoms with E-state index < -0.39 is 27.9 Å². The van der Waals surface area contributed by atoms with E-state index in [1.54, 1.807) is 0 Å². The van der Waals surface area contributed by atoms with Crippen LogP contribution < -0.4 is 10.0 Å². The molecule has 24 heavy (non-hydrogen) atoms. The number of aliphatic carboxylic acids is 1. The van der Waals surface area contributed by atoms with Gasteiger partial charge in [-0.15, -0.1) is 0 Å². The first-order valence-corrected chi connectivity index (χ1v) is 8.86. The smallest absolute Gasteiger partial charge is 0.326 e. The predicted molar refractivity (Wildman–Crippen MR) is 86.2 cm³/mol. The maximum Gasteiger partial charge on any atom is 0.326 e. The van der Waals surface area contributed by atoms with E-state index in [2.05, 4.69) is 15.0 Å². The number of rotatable bonds is 10. The molecule has 0 saturated carbocycles. The summed E-state index contributed by atoms with van der Waals surface area (Å²) in [7, 11) is -2.32. The maximum absolute atomic E-state index is 12.1. The molecule has 4 N–H and O–H groups in total. The molecule has 1 amide bonds. The third-order valence-corrected chi connectivity index (χ3v) is 4.56. The minimum absolute atomic E-state index is 0.0304. The van der Waals surface area contributed by atoms with E-state index in [1.807, 2.05) is 13.8 Å². The van der Waals surface area contributed by atoms with Crippen molar-refractivity contribution in [3.05, 3.63) is 18.0 Å². The highest BCUT2D eigenvalue weighted by atomic mass is 32.2. The van der Waals surface area contributed by atoms with Gasteiger partial charge in [0, 0.05) is 19.9 Å². The van der Waals surface area contributed by atoms with Crippen molar-refractivity contribution < 1.29 is 27.9 Å². The molecule has 1 atom stereocenters. The van der Waals surface area contributed by atoms with Crippen LogP contribution in [0.5, 0.6) is 0 Å². The number of aromatic amines is 1. The third kappa shape index (κ3) is 5.95. The fourth-order valence-corrected chi connectivity index (χ4v) is 2.96. The zero-order valence-corrected chi connectivity index (χ0v) is 14.6. The Balaban J connectivity index is 2.80. The van der Waals surface area contributed by atoms with Gasteiger partial charge in [0.05, 0.1) is 6.61 Å². The minimum Gasteiger partial charge on any atom is -0.480 e. The number of carbonyl (C=O) groups excluding carboxylic acids is 1. The van der Waals surface area contributed by atoms with Crippen LogP contribution in [0.2, 0.25) is 0 Å². The van der Waals surface area contributed by atoms with Crippen LogP contribution in [0.3, 0.4) is 0 Å². The molecule has 0 radical (unpaired) electrons. The van der Waals surface area contributed by atoms with Gasteiger partial charge in [-0.05, 0) is 18.4 Å². The molecule has 0 aliphatic heterocycles. The van der Waals surface area contributed by atoms with Crippen LogP contribution in [0.25, 0.3) is 0 Å². The van der Waals surface area contributed by atoms with Crippen molar-refractivity contribution in [2.24, 2.45) is 5.92 Å². The Morgan fingerprint density at radius 3 is 2.58 bits per heavy atom. The van der Waals surface area contributed by atoms with Crippen LogP contribution >= 0.6 is 0 Å². The summed E-state index contributed by atoms with van der Waals surface area (Å²) < 4.78 is 31.1. The summed E-state index contributed by atoms with van der Waals surface area (Å²) in [5.74, 6) is -1.74. The number of amides is 1. The predicted octanol–water partition coefficient (Wildman–Crippen LogP) is 0.169. The molecular weight excluding hydrogens is 338 g/mol. The highest BCUT2D eigenvalue weighted by molar-refractivity contribution is 7.89. The molecule has 0 aliphatic carbocycles. The van der Waals surface area contributed by atoms with Crippen LogP contribution in [-0.4, -0.2) is 56.7 Å². The van der Waals surface area contributed by atoms with Crippen LogP contribution in [0.1, 0.15) is 30.8 Å². The zero-order valence-electron chi connectivity index (χ0n) is 13.8. The fraction of sp³-hybridized carbons (Fsp3) is 0.571. The molecule has 0 aliphatic rings. The Kier molecular flexibility index (Phi) is 7.39. The molecule has 0 aromatic carbocycles. The third-order valence-electron chi connectivity index (χ3n) is 3.12. The van der Waals surface area contributed by atoms with Gasteiger partial charge in [-0.3, -0.25) is 4.79 Å². The number of carboxylic acid groups (broad SMARTS) is 1. The van der Waals surface area contributed by atoms with E-state index in [-0.39, 0.29) is 36.1 Å². The van der Waals surface area contributed by atoms with E-state index in [9.17, 15) is 18.0 Å². The lowest BCUT2D eigenvalue weighted by Gasteiger charge is -2.15. The Labute approximate surface area is 140 Å². The standard InChI is InChI=1S/C14H23N3O6S/c1-9(2)6-12(14(19)20)17-13(18)11-7-10(8-15-11)24(21,22)16-4-5-23-3/h7-9,12,15-16H,4-6H2,1-3H3,(H,17,18)(H,19,20)/t12-/m0/s1. The lowest BCUT2D eigenvalue weighted by atomic mass is 10.0. The summed E-state index contributed by atoms with van der Waals surface area (Å²) in [6.07, 6.45) is 1.44. The Morgan fingerprint density at radius 2 is 2.04 bits per heavy atom. The molecule has 0 bridgehead atoms. The number of nitrogens with one attached hydrogen (secondary N) is 3. The van der Waals surface area contributed by atoms with Crippen LogP contribution in [-0.2, 0) is 19.6 Å². The molecular formula is C14H23N3O6S. The van der Waals surface area contributed by atoms with Gasteiger partial charge < -0.3 is 20.1 Å². The van der Waals surface area contributed by atoms with Gasteiger partial charge in [-0.25, -0.2) is 17.9 Å². The SMILES string of the molecule is COCCNS(=O)(=O)c1c[nH]c(C(=O)N[C@@H](CC(C)C)C(=O)O)c1. The van der Waals surface area contributed by atoms with Crippen molar-refractivity contribution in [1.29, 1.82) is 0 Å². The molecule has 0 fully saturated rings. The van der Waals surface area contributed by atoms with Crippen molar-refractivity contribution in [2.45, 2.75) is 31.2 Å². The Bertz CT molecular complexity index is 668. The number of aromatic nitrogens is 1. The highest BCUT2D eigenvalue weighted by Crippen LogP contribution is 2.12. The van der Waals surface area contributed by atoms with Crippen molar-refractivity contribution in [3.63, 3.8) is 0 Å². The van der Waals surface area contributed by atoms with E-state index in [1.165, 1.54) is 13.3 Å². The highest BCUT2D eigenvalue weighted by Gasteiger charge is 2.24. The molecule has 0 saturated heterocycles. The first kappa shape index (κ1) is 20.1. The Morgan fingerprint density at radius 1 is 1.38 bits per heavy atom. The normalized spacial score (nSPS) is 13.0. The number of methoxy groups -OCH3 is 1. The summed E-state index contributed by atoms with van der Waals surface area (Å²) in [5, 5.41) is 11.5. The molecule has 10 heteroatoms. The number of carboxylic acids is 1. The first-order chi connectivity index (χ1) is 11.2. The maximum atomic E-state index is 12.1. The molecule has 9 nitrogen and oxygen atoms in total. The van der Waals surface area contributed by atoms with Gasteiger partial charge in [-0.2, -0.15) is 0 Å². The van der Waals surface area contributed by atoms with E-state index >= 15 is 0 Å². The lowest BCUT2D eigenvalue weighted by Crippen LogP contribution is -2.41. The van der Waals surface area contributed by atoms with E-state index in [0.717, 1.165) is 6.07 Å². The Hall–Kier alpha value is -1.91. The first-order valence-electron chi connectivity index (χ1n) is 7.38. The summed E-state index contributed by atoms with van der Waals surface area (Å²) in [6, 6.07) is 0.111. The van der Waals surface area contributed by atoms with Crippen molar-refractivity contribution in [1.82, 2.24) is 15.0 Å². The number of H-pyrrole nitrogens is 1. The molecule has 0 spiro atoms. The van der Waals surface area contributed by atoms with E-state index in [4.69, 9.17) is 9.84 Å². The summed E-state index contributed by atoms with van der Waals surface area (Å²) in [4.78, 5) is 25.7. The summed E-state index contributed by atoms with van der Waals surface area (Å²) >= 11 is 0. The van der Waals surface area contributed by atoms with Crippen LogP contribution in [0.15, 0.2) is 17.2 Å². The number of hydrogen-bond donors (Lipinski definition) is 4. The van der Waals surface area contributed by atoms with Crippen molar-refractivity contribution in [2.75, 3.05) is 20.3 Å². The lowest BCUT2D eigenvalue weighted by molar-refractivity contribution is -0.139. The number of carbonyl (C=O) groups is 2. The van der Waals surface area contributed by atoms with Gasteiger partial charge >= 0.3 is 5.97 Å². The number of sulfonamides is 1. The minimum atomic E-state index is -3.77. The largest absolute Gasteiger partial charge is 0.480 e. The van der Waals surface area contributed by atoms with Gasteiger partial charge in [0.25, 0.3) is 5.91 Å². The summed E-state index contributed by atoms with van der Waals surface area (Å²) in [6.45, 7) is 3.99. The molecule has 1 aromatic heterocycles. The van der Waals surface area contributed by atoms with Crippen LogP contribution in [0, 0.1) is 5.92 Å². The monoisotopic (exact) mass is 361 g/mol. The van der Waals surface area contributed by atoms with Crippen molar-refractivity contribution in [3.8, 4) is 0 Å². The average molecular weight is 361 g/mol. The van der Waals surface area contributed by atoms with Gasteiger partial charge in [0.15, 0.2) is 0 Å². The van der Waals surface area contributed by atoms with Gasteiger partial charge in [-0.1, -0.05) is 13.8 Å². The average Bonchev–Trinajstić information content (AvgIpc) is 2.96. The van der Waals surface area contributed by atoms with Crippen LogP contribution in [0.4, 0.5) is 0 Å². The van der Waals surface area contributed by atoms with Gasteiger partial charge in [0.2, 0.25) is 10.0 Å².